The van der Waals surface area contributed by atoms with Crippen molar-refractivity contribution in [1.29, 1.82) is 0 Å². The first-order valence-corrected chi connectivity index (χ1v) is 13.6. The summed E-state index contributed by atoms with van der Waals surface area (Å²) in [5.74, 6) is 0. The van der Waals surface area contributed by atoms with Gasteiger partial charge in [-0.1, -0.05) is 58.4 Å². The third-order valence-electron chi connectivity index (χ3n) is 5.42. The first kappa shape index (κ1) is 25.4. The molecule has 1 aliphatic heterocycles. The number of nitrogens with zero attached hydrogens (tertiary/aromatic N) is 3. The van der Waals surface area contributed by atoms with Gasteiger partial charge in [-0.3, -0.25) is 9.36 Å². The fourth-order valence-corrected chi connectivity index (χ4v) is 7.60. The Morgan fingerprint density at radius 3 is 2.68 bits per heavy atom. The van der Waals surface area contributed by atoms with Crippen LogP contribution in [0, 0.1) is 0 Å². The molecule has 5 rings (SSSR count). The lowest BCUT2D eigenvalue weighted by molar-refractivity contribution is -0.685. The number of thiazole rings is 2. The van der Waals surface area contributed by atoms with Crippen LogP contribution in [0.25, 0.3) is 11.1 Å². The van der Waals surface area contributed by atoms with E-state index < -0.39 is 0 Å². The Balaban J connectivity index is 0.00000274. The molecular formula is C24H20Cl3N3OS3. The Hall–Kier alpha value is -1.74. The van der Waals surface area contributed by atoms with Crippen LogP contribution in [-0.2, 0) is 13.1 Å². The van der Waals surface area contributed by atoms with E-state index in [0.29, 0.717) is 11.6 Å². The van der Waals surface area contributed by atoms with E-state index in [9.17, 15) is 4.79 Å². The van der Waals surface area contributed by atoms with Crippen molar-refractivity contribution in [3.8, 4) is 0 Å². The normalized spacial score (nSPS) is 14.9. The first-order chi connectivity index (χ1) is 15.9. The second-order valence-corrected chi connectivity index (χ2v) is 11.4. The minimum atomic E-state index is 0. The van der Waals surface area contributed by atoms with Gasteiger partial charge < -0.3 is 17.3 Å². The first-order valence-electron chi connectivity index (χ1n) is 10.3. The van der Waals surface area contributed by atoms with Crippen LogP contribution in [0.2, 0.25) is 10.0 Å². The Morgan fingerprint density at radius 1 is 1.12 bits per heavy atom. The van der Waals surface area contributed by atoms with E-state index in [1.807, 2.05) is 54.9 Å². The van der Waals surface area contributed by atoms with Crippen LogP contribution in [-0.4, -0.2) is 11.6 Å². The van der Waals surface area contributed by atoms with Gasteiger partial charge in [0, 0.05) is 34.1 Å². The average Bonchev–Trinajstić information content (AvgIpc) is 3.44. The van der Waals surface area contributed by atoms with E-state index in [-0.39, 0.29) is 18.0 Å². The molecule has 0 fully saturated rings. The zero-order valence-electron chi connectivity index (χ0n) is 18.3. The number of thioether (sulfide) groups is 1. The molecule has 1 aliphatic rings. The summed E-state index contributed by atoms with van der Waals surface area (Å²) in [4.78, 5) is 16.5. The molecular weight excluding hydrogens is 549 g/mol. The summed E-state index contributed by atoms with van der Waals surface area (Å²) in [6.45, 7) is 3.34. The minimum absolute atomic E-state index is 0. The van der Waals surface area contributed by atoms with Crippen LogP contribution < -0.4 is 36.6 Å². The molecule has 0 saturated heterocycles. The van der Waals surface area contributed by atoms with Crippen LogP contribution in [0.1, 0.15) is 17.5 Å². The Kier molecular flexibility index (Phi) is 7.82. The molecule has 34 heavy (non-hydrogen) atoms. The molecule has 0 unspecified atom stereocenters. The van der Waals surface area contributed by atoms with Gasteiger partial charge in [0.05, 0.1) is 17.1 Å². The highest BCUT2D eigenvalue weighted by Gasteiger charge is 2.25. The zero-order valence-corrected chi connectivity index (χ0v) is 23.0. The minimum Gasteiger partial charge on any atom is -1.00 e. The van der Waals surface area contributed by atoms with E-state index >= 15 is 0 Å². The number of benzene rings is 2. The number of aromatic nitrogens is 2. The van der Waals surface area contributed by atoms with Crippen molar-refractivity contribution in [2.24, 2.45) is 0 Å². The van der Waals surface area contributed by atoms with Gasteiger partial charge in [-0.2, -0.15) is 4.57 Å². The molecule has 2 aromatic carbocycles. The van der Waals surface area contributed by atoms with Crippen molar-refractivity contribution in [2.45, 2.75) is 24.9 Å². The monoisotopic (exact) mass is 567 g/mol. The second-order valence-electron chi connectivity index (χ2n) is 7.54. The van der Waals surface area contributed by atoms with Crippen LogP contribution >= 0.6 is 57.6 Å². The third-order valence-corrected chi connectivity index (χ3v) is 9.21. The van der Waals surface area contributed by atoms with Crippen molar-refractivity contribution in [2.75, 3.05) is 11.9 Å². The quantitative estimate of drug-likeness (QED) is 0.352. The summed E-state index contributed by atoms with van der Waals surface area (Å²) >= 11 is 17.1. The Morgan fingerprint density at radius 2 is 1.91 bits per heavy atom. The summed E-state index contributed by atoms with van der Waals surface area (Å²) in [5, 5.41) is 5.52. The molecule has 3 heterocycles. The maximum Gasteiger partial charge on any atom is 0.271 e. The SMILES string of the molecule is CCn1c(=O)/c(=C2\Sc3cc(Cl)ccc3N2C)s/c1=C\c1scc[n+]1Cc1cccc(Cl)c1.[Cl-]. The standard InChI is InChI=1S/C24H20Cl2N3OS3.ClH/c1-3-29-21(13-20-28(9-10-31-20)14-15-5-4-6-16(25)11-15)33-22(23(29)30)24-27(2)18-8-7-17(26)12-19(18)32-24;/h4-13H,3,14H2,1-2H3;1H/q+1;/p-1/b24-22+;. The van der Waals surface area contributed by atoms with Gasteiger partial charge >= 0.3 is 0 Å². The predicted octanol–water partition coefficient (Wildman–Crippen LogP) is 1.77. The van der Waals surface area contributed by atoms with Crippen molar-refractivity contribution in [3.63, 3.8) is 0 Å². The highest BCUT2D eigenvalue weighted by atomic mass is 35.5. The van der Waals surface area contributed by atoms with Crippen molar-refractivity contribution in [1.82, 2.24) is 4.57 Å². The summed E-state index contributed by atoms with van der Waals surface area (Å²) in [6, 6.07) is 13.7. The maximum absolute atomic E-state index is 13.4. The van der Waals surface area contributed by atoms with Gasteiger partial charge in [0.25, 0.3) is 10.6 Å². The Labute approximate surface area is 225 Å². The molecule has 0 bridgehead atoms. The smallest absolute Gasteiger partial charge is 0.271 e. The molecule has 2 aromatic heterocycles. The summed E-state index contributed by atoms with van der Waals surface area (Å²) in [6.07, 6.45) is 4.18. The number of hydrogen-bond donors (Lipinski definition) is 0. The van der Waals surface area contributed by atoms with Crippen LogP contribution in [0.4, 0.5) is 5.69 Å². The largest absolute Gasteiger partial charge is 1.00 e. The number of halogens is 3. The molecule has 0 atom stereocenters. The molecule has 176 valence electrons. The van der Waals surface area contributed by atoms with Gasteiger partial charge in [-0.25, -0.2) is 0 Å². The molecule has 4 aromatic rings. The molecule has 0 spiro atoms. The molecule has 0 saturated carbocycles. The third kappa shape index (κ3) is 4.83. The lowest BCUT2D eigenvalue weighted by Crippen LogP contribution is -3.00. The second kappa shape index (κ2) is 10.5. The Bertz CT molecular complexity index is 1540. The van der Waals surface area contributed by atoms with Gasteiger partial charge in [-0.15, -0.1) is 11.3 Å². The van der Waals surface area contributed by atoms with E-state index in [1.165, 1.54) is 11.3 Å². The van der Waals surface area contributed by atoms with Gasteiger partial charge in [0.15, 0.2) is 12.7 Å². The van der Waals surface area contributed by atoms with E-state index in [4.69, 9.17) is 23.2 Å². The summed E-state index contributed by atoms with van der Waals surface area (Å²) in [7, 11) is 2.00. The highest BCUT2D eigenvalue weighted by molar-refractivity contribution is 8.08. The molecule has 0 N–H and O–H groups in total. The average molecular weight is 569 g/mol. The lowest BCUT2D eigenvalue weighted by Gasteiger charge is -2.12. The molecule has 10 heteroatoms. The fourth-order valence-electron chi connectivity index (χ4n) is 3.80. The molecule has 0 aliphatic carbocycles. The van der Waals surface area contributed by atoms with Gasteiger partial charge in [-0.05, 0) is 37.3 Å². The van der Waals surface area contributed by atoms with Crippen molar-refractivity contribution in [3.05, 3.63) is 94.2 Å². The summed E-state index contributed by atoms with van der Waals surface area (Å²) < 4.78 is 5.72. The topological polar surface area (TPSA) is 29.1 Å². The number of fused-ring (bicyclic) bond motifs is 1. The maximum atomic E-state index is 13.4. The lowest BCUT2D eigenvalue weighted by atomic mass is 10.2. The van der Waals surface area contributed by atoms with E-state index in [2.05, 4.69) is 33.2 Å². The number of rotatable bonds is 4. The predicted molar refractivity (Wildman–Crippen MR) is 141 cm³/mol. The van der Waals surface area contributed by atoms with Crippen LogP contribution in [0.15, 0.2) is 63.7 Å². The van der Waals surface area contributed by atoms with Crippen LogP contribution in [0.5, 0.6) is 0 Å². The van der Waals surface area contributed by atoms with Gasteiger partial charge in [0.1, 0.15) is 14.2 Å². The van der Waals surface area contributed by atoms with Crippen LogP contribution in [0.3, 0.4) is 0 Å². The number of hydrogen-bond acceptors (Lipinski definition) is 5. The van der Waals surface area contributed by atoms with Crippen molar-refractivity contribution < 1.29 is 17.0 Å². The van der Waals surface area contributed by atoms with E-state index in [0.717, 1.165) is 46.9 Å². The molecule has 4 nitrogen and oxygen atoms in total. The number of anilines is 1. The van der Waals surface area contributed by atoms with Crippen molar-refractivity contribution >= 4 is 74.4 Å². The molecule has 0 amide bonds. The fraction of sp³-hybridized carbons (Fsp3) is 0.167. The zero-order chi connectivity index (χ0) is 23.1. The molecule has 0 radical (unpaired) electrons. The highest BCUT2D eigenvalue weighted by Crippen LogP contribution is 2.46. The van der Waals surface area contributed by atoms with Gasteiger partial charge in [0.2, 0.25) is 0 Å². The van der Waals surface area contributed by atoms with E-state index in [1.54, 1.807) is 23.1 Å². The summed E-state index contributed by atoms with van der Waals surface area (Å²) in [5.41, 5.74) is 2.25.